The lowest BCUT2D eigenvalue weighted by molar-refractivity contribution is -0.116. The quantitative estimate of drug-likeness (QED) is 0.658. The number of nitrogens with one attached hydrogen (secondary N) is 1. The van der Waals surface area contributed by atoms with Crippen molar-refractivity contribution in [1.29, 1.82) is 0 Å². The maximum atomic E-state index is 13.5. The van der Waals surface area contributed by atoms with Crippen molar-refractivity contribution >= 4 is 11.7 Å². The molecule has 2 aliphatic rings. The van der Waals surface area contributed by atoms with Crippen LogP contribution in [0.2, 0.25) is 0 Å². The van der Waals surface area contributed by atoms with Gasteiger partial charge in [0.15, 0.2) is 5.78 Å². The SMILES string of the molecule is Cc1noc2c1[C@@H](c1ccc(F)cc1)C1=C(C[C@@H](c3ccc(O)cc3)CC1=O)N2. The van der Waals surface area contributed by atoms with E-state index < -0.39 is 0 Å². The van der Waals surface area contributed by atoms with Gasteiger partial charge in [-0.1, -0.05) is 29.4 Å². The Morgan fingerprint density at radius 3 is 2.48 bits per heavy atom. The van der Waals surface area contributed by atoms with E-state index in [1.807, 2.05) is 19.1 Å². The van der Waals surface area contributed by atoms with Crippen LogP contribution < -0.4 is 5.32 Å². The summed E-state index contributed by atoms with van der Waals surface area (Å²) in [5, 5.41) is 16.9. The highest BCUT2D eigenvalue weighted by Crippen LogP contribution is 2.49. The van der Waals surface area contributed by atoms with Gasteiger partial charge in [0, 0.05) is 23.6 Å². The van der Waals surface area contributed by atoms with Gasteiger partial charge in [-0.2, -0.15) is 0 Å². The molecule has 0 spiro atoms. The van der Waals surface area contributed by atoms with Crippen molar-refractivity contribution in [2.45, 2.75) is 31.6 Å². The number of phenols is 1. The van der Waals surface area contributed by atoms with Gasteiger partial charge in [0.05, 0.1) is 11.3 Å². The number of hydrogen-bond donors (Lipinski definition) is 2. The zero-order valence-corrected chi connectivity index (χ0v) is 15.8. The molecule has 0 saturated heterocycles. The predicted molar refractivity (Wildman–Crippen MR) is 105 cm³/mol. The Morgan fingerprint density at radius 1 is 1.07 bits per heavy atom. The number of carbonyl (C=O) groups excluding carboxylic acids is 1. The number of rotatable bonds is 2. The number of Topliss-reactive ketones (excluding diaryl/α,β-unsaturated/α-hetero) is 1. The van der Waals surface area contributed by atoms with Crippen molar-refractivity contribution < 1.29 is 18.8 Å². The van der Waals surface area contributed by atoms with Gasteiger partial charge in [0.1, 0.15) is 11.6 Å². The highest BCUT2D eigenvalue weighted by atomic mass is 19.1. The first kappa shape index (κ1) is 17.7. The van der Waals surface area contributed by atoms with Crippen molar-refractivity contribution in [3.8, 4) is 5.75 Å². The van der Waals surface area contributed by atoms with Gasteiger partial charge in [0.25, 0.3) is 0 Å². The number of halogens is 1. The number of fused-ring (bicyclic) bond motifs is 1. The number of aromatic hydroxyl groups is 1. The lowest BCUT2D eigenvalue weighted by atomic mass is 9.72. The molecule has 0 saturated carbocycles. The standard InChI is InChI=1S/C23H19FN2O3/c1-12-20-21(14-2-6-16(24)7-3-14)22-18(25-23(20)29-26-12)10-15(11-19(22)28)13-4-8-17(27)9-5-13/h2-9,15,21,25,27H,10-11H2,1H3/t15-,21-/m1/s1. The van der Waals surface area contributed by atoms with E-state index in [9.17, 15) is 14.3 Å². The lowest BCUT2D eigenvalue weighted by Gasteiger charge is -2.34. The maximum Gasteiger partial charge on any atom is 0.233 e. The number of hydrogen-bond acceptors (Lipinski definition) is 5. The van der Waals surface area contributed by atoms with Crippen LogP contribution in [0, 0.1) is 12.7 Å². The van der Waals surface area contributed by atoms with Gasteiger partial charge < -0.3 is 14.9 Å². The summed E-state index contributed by atoms with van der Waals surface area (Å²) in [6, 6.07) is 13.2. The van der Waals surface area contributed by atoms with Gasteiger partial charge in [-0.25, -0.2) is 4.39 Å². The predicted octanol–water partition coefficient (Wildman–Crippen LogP) is 4.79. The third-order valence-electron chi connectivity index (χ3n) is 5.83. The Kier molecular flexibility index (Phi) is 4.01. The van der Waals surface area contributed by atoms with E-state index in [2.05, 4.69) is 10.5 Å². The lowest BCUT2D eigenvalue weighted by Crippen LogP contribution is -2.29. The molecule has 0 unspecified atom stereocenters. The first-order valence-electron chi connectivity index (χ1n) is 9.55. The topological polar surface area (TPSA) is 75.4 Å². The Balaban J connectivity index is 1.61. The zero-order chi connectivity index (χ0) is 20.1. The number of nitrogens with zero attached hydrogens (tertiary/aromatic N) is 1. The van der Waals surface area contributed by atoms with Crippen LogP contribution in [0.25, 0.3) is 0 Å². The minimum absolute atomic E-state index is 0.00814. The highest BCUT2D eigenvalue weighted by molar-refractivity contribution is 6.01. The number of allylic oxidation sites excluding steroid dienone is 2. The molecule has 2 heterocycles. The fourth-order valence-corrected chi connectivity index (χ4v) is 4.44. The van der Waals surface area contributed by atoms with E-state index in [-0.39, 0.29) is 29.2 Å². The van der Waals surface area contributed by atoms with Crippen molar-refractivity contribution in [2.75, 3.05) is 5.32 Å². The van der Waals surface area contributed by atoms with Gasteiger partial charge in [0.2, 0.25) is 5.88 Å². The van der Waals surface area contributed by atoms with E-state index in [1.165, 1.54) is 12.1 Å². The fraction of sp³-hybridized carbons (Fsp3) is 0.217. The average Bonchev–Trinajstić information content (AvgIpc) is 3.08. The van der Waals surface area contributed by atoms with Crippen LogP contribution in [0.3, 0.4) is 0 Å². The van der Waals surface area contributed by atoms with Crippen molar-refractivity contribution in [1.82, 2.24) is 5.16 Å². The van der Waals surface area contributed by atoms with Crippen LogP contribution in [-0.4, -0.2) is 16.0 Å². The Hall–Kier alpha value is -3.41. The van der Waals surface area contributed by atoms with Crippen LogP contribution >= 0.6 is 0 Å². The number of aryl methyl sites for hydroxylation is 1. The molecule has 3 aromatic rings. The van der Waals surface area contributed by atoms with E-state index in [0.29, 0.717) is 30.0 Å². The van der Waals surface area contributed by atoms with Crippen molar-refractivity contribution in [2.24, 2.45) is 0 Å². The molecule has 5 rings (SSSR count). The first-order chi connectivity index (χ1) is 14.0. The minimum atomic E-state index is -0.332. The molecule has 2 aromatic carbocycles. The Bertz CT molecular complexity index is 1130. The zero-order valence-electron chi connectivity index (χ0n) is 15.8. The number of benzene rings is 2. The summed E-state index contributed by atoms with van der Waals surface area (Å²) < 4.78 is 19.0. The highest BCUT2D eigenvalue weighted by Gasteiger charge is 2.41. The second kappa shape index (κ2) is 6.58. The Morgan fingerprint density at radius 2 is 1.76 bits per heavy atom. The second-order valence-electron chi connectivity index (χ2n) is 7.63. The van der Waals surface area contributed by atoms with E-state index in [0.717, 1.165) is 22.4 Å². The van der Waals surface area contributed by atoms with Crippen molar-refractivity contribution in [3.63, 3.8) is 0 Å². The van der Waals surface area contributed by atoms with E-state index >= 15 is 0 Å². The number of ketones is 1. The summed E-state index contributed by atoms with van der Waals surface area (Å²) in [4.78, 5) is 13.3. The fourth-order valence-electron chi connectivity index (χ4n) is 4.44. The Labute approximate surface area is 166 Å². The normalized spacial score (nSPS) is 20.8. The van der Waals surface area contributed by atoms with Crippen LogP contribution in [0.15, 0.2) is 64.3 Å². The summed E-state index contributed by atoms with van der Waals surface area (Å²) in [5.74, 6) is 0.147. The summed E-state index contributed by atoms with van der Waals surface area (Å²) in [6.07, 6.45) is 1.02. The average molecular weight is 390 g/mol. The smallest absolute Gasteiger partial charge is 0.233 e. The third kappa shape index (κ3) is 2.92. The molecule has 146 valence electrons. The largest absolute Gasteiger partial charge is 0.508 e. The molecule has 1 aliphatic carbocycles. The van der Waals surface area contributed by atoms with Crippen LogP contribution in [-0.2, 0) is 4.79 Å². The monoisotopic (exact) mass is 390 g/mol. The molecule has 29 heavy (non-hydrogen) atoms. The summed E-state index contributed by atoms with van der Waals surface area (Å²) in [6.45, 7) is 1.85. The van der Waals surface area contributed by atoms with Gasteiger partial charge >= 0.3 is 0 Å². The molecule has 2 N–H and O–H groups in total. The second-order valence-corrected chi connectivity index (χ2v) is 7.63. The molecule has 5 nitrogen and oxygen atoms in total. The van der Waals surface area contributed by atoms with Crippen LogP contribution in [0.5, 0.6) is 5.75 Å². The third-order valence-corrected chi connectivity index (χ3v) is 5.83. The molecule has 0 amide bonds. The van der Waals surface area contributed by atoms with Gasteiger partial charge in [-0.05, 0) is 54.7 Å². The molecule has 2 atom stereocenters. The van der Waals surface area contributed by atoms with E-state index in [4.69, 9.17) is 4.52 Å². The molecular weight excluding hydrogens is 371 g/mol. The minimum Gasteiger partial charge on any atom is -0.508 e. The number of phenolic OH excluding ortho intramolecular Hbond substituents is 1. The maximum absolute atomic E-state index is 13.5. The molecule has 1 aliphatic heterocycles. The number of carbonyl (C=O) groups is 1. The van der Waals surface area contributed by atoms with Gasteiger partial charge in [-0.3, -0.25) is 4.79 Å². The molecule has 0 radical (unpaired) electrons. The number of aromatic nitrogens is 1. The molecular formula is C23H19FN2O3. The molecule has 1 aromatic heterocycles. The summed E-state index contributed by atoms with van der Waals surface area (Å²) >= 11 is 0. The molecule has 0 bridgehead atoms. The van der Waals surface area contributed by atoms with Crippen LogP contribution in [0.1, 0.15) is 47.1 Å². The van der Waals surface area contributed by atoms with E-state index in [1.54, 1.807) is 24.3 Å². The van der Waals surface area contributed by atoms with Crippen molar-refractivity contribution in [3.05, 3.63) is 88.0 Å². The van der Waals surface area contributed by atoms with Crippen LogP contribution in [0.4, 0.5) is 10.3 Å². The number of anilines is 1. The summed E-state index contributed by atoms with van der Waals surface area (Å²) in [7, 11) is 0. The first-order valence-corrected chi connectivity index (χ1v) is 9.55. The molecule has 6 heteroatoms. The van der Waals surface area contributed by atoms with Gasteiger partial charge in [-0.15, -0.1) is 0 Å². The molecule has 0 fully saturated rings. The summed E-state index contributed by atoms with van der Waals surface area (Å²) in [5.41, 5.74) is 4.89.